The van der Waals surface area contributed by atoms with Crippen molar-refractivity contribution in [3.63, 3.8) is 0 Å². The summed E-state index contributed by atoms with van der Waals surface area (Å²) in [7, 11) is -3.45. The van der Waals surface area contributed by atoms with Crippen LogP contribution in [0, 0.1) is 0 Å². The van der Waals surface area contributed by atoms with Gasteiger partial charge in [0.2, 0.25) is 10.0 Å². The minimum atomic E-state index is -3.45. The zero-order valence-corrected chi connectivity index (χ0v) is 10.7. The SMILES string of the molecule is CCCC1(C(=O)NS(=O)(=O)CC)CCCN1. The first-order valence-electron chi connectivity index (χ1n) is 5.76. The van der Waals surface area contributed by atoms with Crippen LogP contribution >= 0.6 is 0 Å². The molecule has 1 fully saturated rings. The Morgan fingerprint density at radius 2 is 2.12 bits per heavy atom. The van der Waals surface area contributed by atoms with Crippen LogP contribution in [0.3, 0.4) is 0 Å². The van der Waals surface area contributed by atoms with Crippen molar-refractivity contribution < 1.29 is 13.2 Å². The van der Waals surface area contributed by atoms with Crippen molar-refractivity contribution in [1.29, 1.82) is 0 Å². The molecule has 1 heterocycles. The molecule has 1 saturated heterocycles. The van der Waals surface area contributed by atoms with Gasteiger partial charge in [0.05, 0.1) is 11.3 Å². The third kappa shape index (κ3) is 2.95. The predicted octanol–water partition coefficient (Wildman–Crippen LogP) is 0.375. The van der Waals surface area contributed by atoms with Crippen LogP contribution in [-0.2, 0) is 14.8 Å². The Morgan fingerprint density at radius 1 is 1.44 bits per heavy atom. The lowest BCUT2D eigenvalue weighted by atomic mass is 9.91. The zero-order chi connectivity index (χ0) is 12.2. The number of nitrogens with one attached hydrogen (secondary N) is 2. The lowest BCUT2D eigenvalue weighted by molar-refractivity contribution is -0.125. The van der Waals surface area contributed by atoms with Crippen LogP contribution in [-0.4, -0.2) is 32.2 Å². The molecule has 0 radical (unpaired) electrons. The summed E-state index contributed by atoms with van der Waals surface area (Å²) in [6, 6.07) is 0. The summed E-state index contributed by atoms with van der Waals surface area (Å²) in [6.07, 6.45) is 3.16. The van der Waals surface area contributed by atoms with E-state index in [2.05, 4.69) is 10.0 Å². The molecule has 1 aliphatic rings. The summed E-state index contributed by atoms with van der Waals surface area (Å²) < 4.78 is 24.9. The summed E-state index contributed by atoms with van der Waals surface area (Å²) >= 11 is 0. The van der Waals surface area contributed by atoms with Crippen LogP contribution in [0.25, 0.3) is 0 Å². The molecule has 0 saturated carbocycles. The molecule has 0 bridgehead atoms. The number of carbonyl (C=O) groups is 1. The molecule has 0 aromatic rings. The smallest absolute Gasteiger partial charge is 0.253 e. The lowest BCUT2D eigenvalue weighted by Crippen LogP contribution is -2.54. The molecule has 1 amide bonds. The molecule has 2 N–H and O–H groups in total. The second-order valence-corrected chi connectivity index (χ2v) is 6.21. The fraction of sp³-hybridized carbons (Fsp3) is 0.900. The van der Waals surface area contributed by atoms with Crippen molar-refractivity contribution in [1.82, 2.24) is 10.0 Å². The molecule has 16 heavy (non-hydrogen) atoms. The summed E-state index contributed by atoms with van der Waals surface area (Å²) in [6.45, 7) is 4.28. The van der Waals surface area contributed by atoms with Gasteiger partial charge in [0.1, 0.15) is 0 Å². The third-order valence-corrected chi connectivity index (χ3v) is 4.24. The van der Waals surface area contributed by atoms with Gasteiger partial charge in [-0.3, -0.25) is 9.52 Å². The van der Waals surface area contributed by atoms with Gasteiger partial charge >= 0.3 is 0 Å². The van der Waals surface area contributed by atoms with Gasteiger partial charge in [-0.2, -0.15) is 0 Å². The second kappa shape index (κ2) is 5.14. The monoisotopic (exact) mass is 248 g/mol. The van der Waals surface area contributed by atoms with Crippen LogP contribution in [0.15, 0.2) is 0 Å². The topological polar surface area (TPSA) is 75.3 Å². The number of carbonyl (C=O) groups excluding carboxylic acids is 1. The van der Waals surface area contributed by atoms with E-state index in [1.807, 2.05) is 6.92 Å². The molecule has 1 aliphatic heterocycles. The van der Waals surface area contributed by atoms with Crippen LogP contribution in [0.5, 0.6) is 0 Å². The highest BCUT2D eigenvalue weighted by Gasteiger charge is 2.41. The molecule has 5 nitrogen and oxygen atoms in total. The van der Waals surface area contributed by atoms with E-state index in [9.17, 15) is 13.2 Å². The average Bonchev–Trinajstić information content (AvgIpc) is 2.68. The Hall–Kier alpha value is -0.620. The quantitative estimate of drug-likeness (QED) is 0.737. The normalized spacial score (nSPS) is 25.6. The molecular weight excluding hydrogens is 228 g/mol. The van der Waals surface area contributed by atoms with Crippen molar-refractivity contribution in [2.75, 3.05) is 12.3 Å². The molecule has 6 heteroatoms. The lowest BCUT2D eigenvalue weighted by Gasteiger charge is -2.27. The van der Waals surface area contributed by atoms with E-state index in [1.165, 1.54) is 6.92 Å². The maximum absolute atomic E-state index is 12.0. The maximum Gasteiger partial charge on any atom is 0.253 e. The molecule has 0 aliphatic carbocycles. The minimum absolute atomic E-state index is 0.0685. The van der Waals surface area contributed by atoms with Crippen LogP contribution < -0.4 is 10.0 Å². The Morgan fingerprint density at radius 3 is 2.56 bits per heavy atom. The second-order valence-electron chi connectivity index (χ2n) is 4.20. The minimum Gasteiger partial charge on any atom is -0.303 e. The van der Waals surface area contributed by atoms with E-state index in [-0.39, 0.29) is 5.75 Å². The highest BCUT2D eigenvalue weighted by Crippen LogP contribution is 2.25. The molecule has 0 spiro atoms. The Kier molecular flexibility index (Phi) is 4.32. The van der Waals surface area contributed by atoms with E-state index in [1.54, 1.807) is 0 Å². The van der Waals surface area contributed by atoms with Gasteiger partial charge in [-0.15, -0.1) is 0 Å². The molecule has 0 aromatic carbocycles. The first-order chi connectivity index (χ1) is 7.46. The predicted molar refractivity (Wildman–Crippen MR) is 62.5 cm³/mol. The van der Waals surface area contributed by atoms with Gasteiger partial charge < -0.3 is 5.32 Å². The van der Waals surface area contributed by atoms with E-state index in [0.29, 0.717) is 12.8 Å². The van der Waals surface area contributed by atoms with Crippen molar-refractivity contribution in [3.8, 4) is 0 Å². The van der Waals surface area contributed by atoms with E-state index in [0.717, 1.165) is 19.4 Å². The van der Waals surface area contributed by atoms with E-state index < -0.39 is 21.5 Å². The van der Waals surface area contributed by atoms with E-state index in [4.69, 9.17) is 0 Å². The van der Waals surface area contributed by atoms with Crippen molar-refractivity contribution in [2.45, 2.75) is 45.1 Å². The maximum atomic E-state index is 12.0. The molecule has 1 rings (SSSR count). The summed E-state index contributed by atoms with van der Waals surface area (Å²) in [5.41, 5.74) is -0.670. The van der Waals surface area contributed by atoms with Gasteiger partial charge in [0, 0.05) is 0 Å². The number of hydrogen-bond donors (Lipinski definition) is 2. The Bertz CT molecular complexity index is 345. The van der Waals surface area contributed by atoms with Crippen molar-refractivity contribution in [3.05, 3.63) is 0 Å². The molecular formula is C10H20N2O3S. The highest BCUT2D eigenvalue weighted by molar-refractivity contribution is 7.90. The Labute approximate surface area is 97.0 Å². The molecule has 0 aromatic heterocycles. The van der Waals surface area contributed by atoms with Crippen LogP contribution in [0.4, 0.5) is 0 Å². The van der Waals surface area contributed by atoms with Crippen LogP contribution in [0.1, 0.15) is 39.5 Å². The highest BCUT2D eigenvalue weighted by atomic mass is 32.2. The van der Waals surface area contributed by atoms with Gasteiger partial charge in [0.25, 0.3) is 5.91 Å². The average molecular weight is 248 g/mol. The standard InChI is InChI=1S/C10H20N2O3S/c1-3-6-10(7-5-8-11-10)9(13)12-16(14,15)4-2/h11H,3-8H2,1-2H3,(H,12,13). The Balaban J connectivity index is 2.76. The fourth-order valence-corrected chi connectivity index (χ4v) is 2.69. The largest absolute Gasteiger partial charge is 0.303 e. The fourth-order valence-electron chi connectivity index (χ4n) is 2.06. The molecule has 1 unspecified atom stereocenters. The summed E-state index contributed by atoms with van der Waals surface area (Å²) in [5.74, 6) is -0.463. The van der Waals surface area contributed by atoms with Gasteiger partial charge in [0.15, 0.2) is 0 Å². The summed E-state index contributed by atoms with van der Waals surface area (Å²) in [4.78, 5) is 12.0. The molecule has 94 valence electrons. The number of sulfonamides is 1. The van der Waals surface area contributed by atoms with Gasteiger partial charge in [-0.05, 0) is 32.7 Å². The van der Waals surface area contributed by atoms with Crippen molar-refractivity contribution >= 4 is 15.9 Å². The van der Waals surface area contributed by atoms with Crippen molar-refractivity contribution in [2.24, 2.45) is 0 Å². The zero-order valence-electron chi connectivity index (χ0n) is 9.88. The first-order valence-corrected chi connectivity index (χ1v) is 7.41. The number of hydrogen-bond acceptors (Lipinski definition) is 4. The number of amides is 1. The van der Waals surface area contributed by atoms with Gasteiger partial charge in [-0.1, -0.05) is 13.3 Å². The molecule has 1 atom stereocenters. The van der Waals surface area contributed by atoms with Gasteiger partial charge in [-0.25, -0.2) is 8.42 Å². The first kappa shape index (κ1) is 13.4. The van der Waals surface area contributed by atoms with E-state index >= 15 is 0 Å². The summed E-state index contributed by atoms with van der Waals surface area (Å²) in [5, 5.41) is 3.14. The number of rotatable bonds is 5. The van der Waals surface area contributed by atoms with Crippen LogP contribution in [0.2, 0.25) is 0 Å². The third-order valence-electron chi connectivity index (χ3n) is 2.98.